The van der Waals surface area contributed by atoms with Gasteiger partial charge >= 0.3 is 12.3 Å². The van der Waals surface area contributed by atoms with Crippen molar-refractivity contribution < 1.29 is 40.6 Å². The largest absolute Gasteiger partial charge is 0.573 e. The highest BCUT2D eigenvalue weighted by Crippen LogP contribution is 2.38. The first-order chi connectivity index (χ1) is 18.4. The number of esters is 1. The van der Waals surface area contributed by atoms with Gasteiger partial charge in [-0.2, -0.15) is 9.41 Å². The molecule has 0 N–H and O–H groups in total. The van der Waals surface area contributed by atoms with E-state index < -0.39 is 22.1 Å². The van der Waals surface area contributed by atoms with Crippen molar-refractivity contribution in [3.8, 4) is 17.2 Å². The molecule has 4 rings (SSSR count). The van der Waals surface area contributed by atoms with Crippen molar-refractivity contribution in [3.63, 3.8) is 0 Å². The Bertz CT molecular complexity index is 1320. The molecule has 1 aliphatic heterocycles. The van der Waals surface area contributed by atoms with E-state index >= 15 is 0 Å². The Labute approximate surface area is 229 Å². The second-order valence-corrected chi connectivity index (χ2v) is 11.4. The molecule has 1 heterocycles. The van der Waals surface area contributed by atoms with Crippen LogP contribution in [0.3, 0.4) is 0 Å². The van der Waals surface area contributed by atoms with Crippen LogP contribution in [0.4, 0.5) is 13.2 Å². The maximum atomic E-state index is 13.5. The van der Waals surface area contributed by atoms with E-state index in [0.717, 1.165) is 25.0 Å². The van der Waals surface area contributed by atoms with E-state index in [-0.39, 0.29) is 58.5 Å². The molecule has 0 aromatic heterocycles. The van der Waals surface area contributed by atoms with E-state index in [0.29, 0.717) is 6.42 Å². The molecule has 39 heavy (non-hydrogen) atoms. The third-order valence-corrected chi connectivity index (χ3v) is 8.76. The lowest BCUT2D eigenvalue weighted by atomic mass is 9.81. The van der Waals surface area contributed by atoms with Crippen LogP contribution in [-0.2, 0) is 19.6 Å². The predicted molar refractivity (Wildman–Crippen MR) is 136 cm³/mol. The molecule has 2 unspecified atom stereocenters. The zero-order chi connectivity index (χ0) is 28.4. The summed E-state index contributed by atoms with van der Waals surface area (Å²) in [4.78, 5) is 11.9. The van der Waals surface area contributed by atoms with Crippen LogP contribution in [0, 0.1) is 5.92 Å². The van der Waals surface area contributed by atoms with Crippen LogP contribution in [-0.4, -0.2) is 68.6 Å². The minimum absolute atomic E-state index is 0.00381. The fourth-order valence-corrected chi connectivity index (χ4v) is 6.52. The van der Waals surface area contributed by atoms with Gasteiger partial charge in [-0.15, -0.1) is 13.2 Å². The lowest BCUT2D eigenvalue weighted by Crippen LogP contribution is -2.50. The normalized spacial score (nSPS) is 21.1. The first-order valence-electron chi connectivity index (χ1n) is 12.2. The van der Waals surface area contributed by atoms with Crippen molar-refractivity contribution in [3.05, 3.63) is 47.5 Å². The number of alkyl halides is 3. The number of hydrazone groups is 1. The Morgan fingerprint density at radius 1 is 1.15 bits per heavy atom. The molecule has 0 bridgehead atoms. The number of carbonyl (C=O) groups is 1. The Morgan fingerprint density at radius 2 is 1.85 bits per heavy atom. The highest BCUT2D eigenvalue weighted by Gasteiger charge is 2.44. The van der Waals surface area contributed by atoms with Gasteiger partial charge in [-0.1, -0.05) is 11.6 Å². The molecular formula is C25H27ClF3N3O6S. The Balaban J connectivity index is 1.45. The summed E-state index contributed by atoms with van der Waals surface area (Å²) in [5, 5.41) is 6.03. The molecule has 1 saturated carbocycles. The average molecular weight is 590 g/mol. The molecule has 2 aliphatic rings. The molecule has 0 radical (unpaired) electrons. The molecule has 212 valence electrons. The fraction of sp³-hybridized carbons (Fsp3) is 0.440. The highest BCUT2D eigenvalue weighted by atomic mass is 35.5. The van der Waals surface area contributed by atoms with Gasteiger partial charge in [0.05, 0.1) is 22.6 Å². The van der Waals surface area contributed by atoms with Gasteiger partial charge in [-0.25, -0.2) is 8.42 Å². The Kier molecular flexibility index (Phi) is 8.62. The van der Waals surface area contributed by atoms with Crippen molar-refractivity contribution in [1.29, 1.82) is 0 Å². The molecule has 1 aliphatic carbocycles. The van der Waals surface area contributed by atoms with Gasteiger partial charge in [0.1, 0.15) is 23.8 Å². The number of hydrogen-bond donors (Lipinski definition) is 0. The number of fused-ring (bicyclic) bond motifs is 1. The van der Waals surface area contributed by atoms with Crippen molar-refractivity contribution in [2.45, 2.75) is 49.5 Å². The van der Waals surface area contributed by atoms with Crippen molar-refractivity contribution in [2.75, 3.05) is 20.2 Å². The topological polar surface area (TPSA) is 97.7 Å². The number of hydrogen-bond acceptors (Lipinski definition) is 8. The number of carbonyl (C=O) groups excluding carboxylic acids is 1. The van der Waals surface area contributed by atoms with Gasteiger partial charge in [-0.3, -0.25) is 9.80 Å². The van der Waals surface area contributed by atoms with Crippen LogP contribution < -0.4 is 9.47 Å². The molecule has 1 fully saturated rings. The molecule has 9 nitrogen and oxygen atoms in total. The van der Waals surface area contributed by atoms with E-state index in [1.165, 1.54) is 41.7 Å². The first-order valence-corrected chi connectivity index (χ1v) is 14.0. The van der Waals surface area contributed by atoms with E-state index in [9.17, 15) is 26.4 Å². The Morgan fingerprint density at radius 3 is 2.49 bits per heavy atom. The summed E-state index contributed by atoms with van der Waals surface area (Å²) in [6.45, 7) is 2.00. The number of benzene rings is 2. The summed E-state index contributed by atoms with van der Waals surface area (Å²) in [6.07, 6.45) is -0.955. The van der Waals surface area contributed by atoms with Gasteiger partial charge in [-0.05, 0) is 68.7 Å². The van der Waals surface area contributed by atoms with E-state index in [1.807, 2.05) is 0 Å². The Hall–Kier alpha value is -3.03. The van der Waals surface area contributed by atoms with E-state index in [1.54, 1.807) is 18.1 Å². The van der Waals surface area contributed by atoms with Gasteiger partial charge in [0.2, 0.25) is 10.0 Å². The molecule has 14 heteroatoms. The first kappa shape index (κ1) is 29.0. The third kappa shape index (κ3) is 6.76. The van der Waals surface area contributed by atoms with Crippen molar-refractivity contribution in [2.24, 2.45) is 11.0 Å². The summed E-state index contributed by atoms with van der Waals surface area (Å²) in [7, 11) is -2.46. The molecule has 3 atom stereocenters. The maximum absolute atomic E-state index is 13.5. The van der Waals surface area contributed by atoms with Crippen LogP contribution >= 0.6 is 11.6 Å². The van der Waals surface area contributed by atoms with Crippen molar-refractivity contribution in [1.82, 2.24) is 9.31 Å². The minimum Gasteiger partial charge on any atom is -0.465 e. The SMILES string of the molecule is CCOC(=O)CN1N=CC2C1CCC[C@H]2N(C)S(=O)(=O)c1ccc(Oc2ccc(OC(F)(F)F)cc2)c(Cl)c1. The van der Waals surface area contributed by atoms with Gasteiger partial charge in [0.15, 0.2) is 0 Å². The van der Waals surface area contributed by atoms with Crippen molar-refractivity contribution >= 4 is 33.8 Å². The molecule has 2 aromatic rings. The lowest BCUT2D eigenvalue weighted by molar-refractivity contribution is -0.274. The van der Waals surface area contributed by atoms with Crippen LogP contribution in [0.15, 0.2) is 52.5 Å². The zero-order valence-corrected chi connectivity index (χ0v) is 22.7. The van der Waals surface area contributed by atoms with Gasteiger partial charge in [0.25, 0.3) is 0 Å². The summed E-state index contributed by atoms with van der Waals surface area (Å²) in [6, 6.07) is 8.21. The standard InChI is InChI=1S/C25H27ClF3N3O6S/c1-3-36-24(33)15-32-22-6-4-5-21(19(22)14-30-32)31(2)39(34,35)18-11-12-23(20(26)13-18)37-16-7-9-17(10-8-16)38-25(27,28)29/h7-14,19,21-22H,3-6,15H2,1-2H3/t19?,21-,22?/m1/s1. The summed E-state index contributed by atoms with van der Waals surface area (Å²) >= 11 is 6.32. The predicted octanol–water partition coefficient (Wildman–Crippen LogP) is 5.05. The van der Waals surface area contributed by atoms with Gasteiger partial charge in [0, 0.05) is 25.2 Å². The highest BCUT2D eigenvalue weighted by molar-refractivity contribution is 7.89. The van der Waals surface area contributed by atoms with Crippen LogP contribution in [0.5, 0.6) is 17.2 Å². The lowest BCUT2D eigenvalue weighted by Gasteiger charge is -2.39. The molecule has 2 aromatic carbocycles. The number of ether oxygens (including phenoxy) is 3. The molecule has 0 saturated heterocycles. The molecular weight excluding hydrogens is 563 g/mol. The van der Waals surface area contributed by atoms with Crippen LogP contribution in [0.1, 0.15) is 26.2 Å². The third-order valence-electron chi connectivity index (χ3n) is 6.59. The summed E-state index contributed by atoms with van der Waals surface area (Å²) < 4.78 is 79.9. The zero-order valence-electron chi connectivity index (χ0n) is 21.1. The minimum atomic E-state index is -4.81. The molecule has 0 amide bonds. The van der Waals surface area contributed by atoms with E-state index in [4.69, 9.17) is 21.1 Å². The fourth-order valence-electron chi connectivity index (χ4n) is 4.80. The number of halogens is 4. The van der Waals surface area contributed by atoms with Crippen LogP contribution in [0.25, 0.3) is 0 Å². The maximum Gasteiger partial charge on any atom is 0.573 e. The summed E-state index contributed by atoms with van der Waals surface area (Å²) in [5.41, 5.74) is 0. The smallest absolute Gasteiger partial charge is 0.465 e. The van der Waals surface area contributed by atoms with E-state index in [2.05, 4.69) is 9.84 Å². The quantitative estimate of drug-likeness (QED) is 0.377. The number of nitrogens with zero attached hydrogens (tertiary/aromatic N) is 3. The van der Waals surface area contributed by atoms with Crippen LogP contribution in [0.2, 0.25) is 5.02 Å². The number of sulfonamides is 1. The second kappa shape index (κ2) is 11.6. The number of rotatable bonds is 9. The summed E-state index contributed by atoms with van der Waals surface area (Å²) in [5.74, 6) is -0.693. The molecule has 0 spiro atoms. The van der Waals surface area contributed by atoms with Gasteiger partial charge < -0.3 is 14.2 Å². The monoisotopic (exact) mass is 589 g/mol. The average Bonchev–Trinajstić information content (AvgIpc) is 3.28. The second-order valence-electron chi connectivity index (χ2n) is 9.04.